The zero-order valence-electron chi connectivity index (χ0n) is 12.0. The number of nitrogens with zero attached hydrogens (tertiary/aromatic N) is 2. The van der Waals surface area contributed by atoms with Crippen LogP contribution in [0.25, 0.3) is 11.4 Å². The van der Waals surface area contributed by atoms with Crippen molar-refractivity contribution in [1.82, 2.24) is 14.9 Å². The molecular weight excluding hydrogens is 554 g/mol. The normalized spacial score (nSPS) is 10.6. The molecule has 0 fully saturated rings. The number of hydrogen-bond acceptors (Lipinski definition) is 4. The van der Waals surface area contributed by atoms with Crippen LogP contribution in [0.4, 0.5) is 0 Å². The molecule has 6 nitrogen and oxygen atoms in total. The first-order chi connectivity index (χ1) is 11.5. The SMILES string of the molecule is O=C(Nn1c(-c2ccccc2)n[nH]c1=S)c1cc(I)cc(I)c1O. The van der Waals surface area contributed by atoms with Crippen molar-refractivity contribution in [2.24, 2.45) is 0 Å². The van der Waals surface area contributed by atoms with Crippen molar-refractivity contribution in [3.8, 4) is 17.1 Å². The number of nitrogens with one attached hydrogen (secondary N) is 2. The molecule has 0 saturated carbocycles. The topological polar surface area (TPSA) is 82.9 Å². The molecule has 122 valence electrons. The molecule has 1 aromatic heterocycles. The standard InChI is InChI=1S/C15H10I2N4O2S/c16-9-6-10(12(22)11(17)7-9)14(23)20-21-13(18-19-15(21)24)8-4-2-1-3-5-8/h1-7,22H,(H,19,24)(H,20,23). The summed E-state index contributed by atoms with van der Waals surface area (Å²) in [5, 5.41) is 17.0. The van der Waals surface area contributed by atoms with Crippen molar-refractivity contribution in [2.45, 2.75) is 0 Å². The highest BCUT2D eigenvalue weighted by Crippen LogP contribution is 2.27. The Bertz CT molecular complexity index is 969. The minimum Gasteiger partial charge on any atom is -0.506 e. The maximum Gasteiger partial charge on any atom is 0.274 e. The number of halogens is 2. The molecule has 0 unspecified atom stereocenters. The molecule has 0 saturated heterocycles. The van der Waals surface area contributed by atoms with Crippen LogP contribution >= 0.6 is 57.4 Å². The second-order valence-corrected chi connectivity index (χ2v) is 7.57. The third kappa shape index (κ3) is 3.47. The lowest BCUT2D eigenvalue weighted by atomic mass is 10.2. The second-order valence-electron chi connectivity index (χ2n) is 4.78. The molecule has 3 aromatic rings. The summed E-state index contributed by atoms with van der Waals surface area (Å²) >= 11 is 9.26. The monoisotopic (exact) mass is 564 g/mol. The van der Waals surface area contributed by atoms with Gasteiger partial charge >= 0.3 is 0 Å². The number of H-pyrrole nitrogens is 1. The van der Waals surface area contributed by atoms with E-state index < -0.39 is 5.91 Å². The van der Waals surface area contributed by atoms with Gasteiger partial charge in [-0.05, 0) is 69.5 Å². The van der Waals surface area contributed by atoms with Crippen molar-refractivity contribution >= 4 is 63.3 Å². The highest BCUT2D eigenvalue weighted by molar-refractivity contribution is 14.1. The number of rotatable bonds is 3. The Morgan fingerprint density at radius 3 is 2.67 bits per heavy atom. The van der Waals surface area contributed by atoms with Gasteiger partial charge in [0.05, 0.1) is 9.13 Å². The molecule has 3 N–H and O–H groups in total. The van der Waals surface area contributed by atoms with Gasteiger partial charge in [-0.25, -0.2) is 9.77 Å². The van der Waals surface area contributed by atoms with Crippen LogP contribution in [0, 0.1) is 11.9 Å². The Morgan fingerprint density at radius 1 is 1.25 bits per heavy atom. The highest BCUT2D eigenvalue weighted by Gasteiger charge is 2.17. The molecular formula is C15H10I2N4O2S. The molecule has 1 heterocycles. The van der Waals surface area contributed by atoms with E-state index in [4.69, 9.17) is 12.2 Å². The molecule has 0 radical (unpaired) electrons. The van der Waals surface area contributed by atoms with Crippen LogP contribution in [-0.4, -0.2) is 25.9 Å². The van der Waals surface area contributed by atoms with E-state index in [1.54, 1.807) is 12.1 Å². The van der Waals surface area contributed by atoms with Crippen molar-refractivity contribution in [3.05, 3.63) is 59.9 Å². The minimum atomic E-state index is -0.474. The maximum absolute atomic E-state index is 12.6. The van der Waals surface area contributed by atoms with Gasteiger partial charge in [0.15, 0.2) is 5.82 Å². The summed E-state index contributed by atoms with van der Waals surface area (Å²) in [5.41, 5.74) is 3.65. The predicted octanol–water partition coefficient (Wildman–Crippen LogP) is 3.91. The first-order valence-electron chi connectivity index (χ1n) is 6.69. The summed E-state index contributed by atoms with van der Waals surface area (Å²) in [7, 11) is 0. The third-order valence-corrected chi connectivity index (χ3v) is 4.91. The van der Waals surface area contributed by atoms with Gasteiger partial charge in [0.1, 0.15) is 5.75 Å². The first-order valence-corrected chi connectivity index (χ1v) is 9.26. The number of aromatic hydroxyl groups is 1. The number of benzene rings is 2. The van der Waals surface area contributed by atoms with Crippen LogP contribution in [0.1, 0.15) is 10.4 Å². The Morgan fingerprint density at radius 2 is 1.96 bits per heavy atom. The van der Waals surface area contributed by atoms with E-state index in [9.17, 15) is 9.90 Å². The Kier molecular flexibility index (Phi) is 5.20. The second kappa shape index (κ2) is 7.19. The number of hydrogen-bond donors (Lipinski definition) is 3. The zero-order chi connectivity index (χ0) is 17.3. The van der Waals surface area contributed by atoms with Gasteiger partial charge in [-0.1, -0.05) is 30.3 Å². The van der Waals surface area contributed by atoms with E-state index in [-0.39, 0.29) is 16.1 Å². The quantitative estimate of drug-likeness (QED) is 0.333. The van der Waals surface area contributed by atoms with Gasteiger partial charge < -0.3 is 5.11 Å². The average molecular weight is 564 g/mol. The number of carbonyl (C=O) groups is 1. The number of aromatic nitrogens is 3. The molecule has 1 amide bonds. The van der Waals surface area contributed by atoms with E-state index >= 15 is 0 Å². The van der Waals surface area contributed by atoms with Crippen LogP contribution in [0.3, 0.4) is 0 Å². The first kappa shape index (κ1) is 17.4. The van der Waals surface area contributed by atoms with E-state index in [1.807, 2.05) is 52.9 Å². The van der Waals surface area contributed by atoms with Gasteiger partial charge in [0.2, 0.25) is 4.77 Å². The molecule has 9 heteroatoms. The summed E-state index contributed by atoms with van der Waals surface area (Å²) in [5.74, 6) is -0.0582. The maximum atomic E-state index is 12.6. The van der Waals surface area contributed by atoms with E-state index in [2.05, 4.69) is 38.2 Å². The largest absolute Gasteiger partial charge is 0.506 e. The van der Waals surface area contributed by atoms with Crippen molar-refractivity contribution < 1.29 is 9.90 Å². The molecule has 0 atom stereocenters. The van der Waals surface area contributed by atoms with Crippen molar-refractivity contribution in [1.29, 1.82) is 0 Å². The summed E-state index contributed by atoms with van der Waals surface area (Å²) < 4.78 is 3.09. The lowest BCUT2D eigenvalue weighted by Crippen LogP contribution is -2.24. The van der Waals surface area contributed by atoms with Crippen molar-refractivity contribution in [2.75, 3.05) is 5.43 Å². The lowest BCUT2D eigenvalue weighted by molar-refractivity contribution is 0.100. The van der Waals surface area contributed by atoms with Crippen molar-refractivity contribution in [3.63, 3.8) is 0 Å². The van der Waals surface area contributed by atoms with E-state index in [0.717, 1.165) is 9.13 Å². The third-order valence-electron chi connectivity index (χ3n) is 3.19. The molecule has 0 spiro atoms. The summed E-state index contributed by atoms with van der Waals surface area (Å²) in [6, 6.07) is 12.7. The Labute approximate surface area is 169 Å². The lowest BCUT2D eigenvalue weighted by Gasteiger charge is -2.11. The zero-order valence-corrected chi connectivity index (χ0v) is 17.1. The van der Waals surface area contributed by atoms with Crippen LogP contribution in [0.2, 0.25) is 0 Å². The van der Waals surface area contributed by atoms with Gasteiger partial charge in [-0.3, -0.25) is 10.2 Å². The average Bonchev–Trinajstić information content (AvgIpc) is 2.92. The number of carbonyl (C=O) groups excluding carboxylic acids is 1. The highest BCUT2D eigenvalue weighted by atomic mass is 127. The predicted molar refractivity (Wildman–Crippen MR) is 110 cm³/mol. The fourth-order valence-electron chi connectivity index (χ4n) is 2.08. The summed E-state index contributed by atoms with van der Waals surface area (Å²) in [6.07, 6.45) is 0. The fourth-order valence-corrected chi connectivity index (χ4v) is 4.10. The smallest absolute Gasteiger partial charge is 0.274 e. The fraction of sp³-hybridized carbons (Fsp3) is 0. The van der Waals surface area contributed by atoms with Gasteiger partial charge in [-0.2, -0.15) is 5.10 Å². The van der Waals surface area contributed by atoms with Gasteiger partial charge in [0, 0.05) is 9.13 Å². The summed E-state index contributed by atoms with van der Waals surface area (Å²) in [6.45, 7) is 0. The van der Waals surface area contributed by atoms with Crippen LogP contribution in [0.15, 0.2) is 42.5 Å². The van der Waals surface area contributed by atoms with E-state index in [0.29, 0.717) is 9.39 Å². The Balaban J connectivity index is 2.00. The summed E-state index contributed by atoms with van der Waals surface area (Å²) in [4.78, 5) is 12.6. The van der Waals surface area contributed by atoms with Crippen LogP contribution in [-0.2, 0) is 0 Å². The Hall–Kier alpha value is -1.47. The van der Waals surface area contributed by atoms with Crippen LogP contribution in [0.5, 0.6) is 5.75 Å². The van der Waals surface area contributed by atoms with Gasteiger partial charge in [0.25, 0.3) is 5.91 Å². The number of phenolic OH excluding ortho intramolecular Hbond substituents is 1. The van der Waals surface area contributed by atoms with Crippen LogP contribution < -0.4 is 5.43 Å². The molecule has 3 rings (SSSR count). The number of phenols is 1. The molecule has 24 heavy (non-hydrogen) atoms. The van der Waals surface area contributed by atoms with Gasteiger partial charge in [-0.15, -0.1) is 0 Å². The molecule has 0 aliphatic carbocycles. The molecule has 0 aliphatic heterocycles. The number of aromatic amines is 1. The minimum absolute atomic E-state index is 0.0650. The molecule has 2 aromatic carbocycles. The van der Waals surface area contributed by atoms with E-state index in [1.165, 1.54) is 4.68 Å². The molecule has 0 aliphatic rings. The number of amides is 1. The molecule has 0 bridgehead atoms.